The molecule has 0 radical (unpaired) electrons. The van der Waals surface area contributed by atoms with Gasteiger partial charge in [0.25, 0.3) is 0 Å². The van der Waals surface area contributed by atoms with Crippen molar-refractivity contribution in [3.8, 4) is 0 Å². The molecular formula is C12H15FO2. The van der Waals surface area contributed by atoms with Crippen LogP contribution >= 0.6 is 0 Å². The highest BCUT2D eigenvalue weighted by molar-refractivity contribution is 5.99. The summed E-state index contributed by atoms with van der Waals surface area (Å²) < 4.78 is 13.3. The van der Waals surface area contributed by atoms with E-state index in [1.807, 2.05) is 0 Å². The lowest BCUT2D eigenvalue weighted by Crippen LogP contribution is -2.27. The van der Waals surface area contributed by atoms with Crippen LogP contribution in [0, 0.1) is 18.7 Å². The number of halogens is 1. The SMILES string of the molecule is Cc1ccc(F)c(C(=O)C(O)C(C)C)c1. The Labute approximate surface area is 88.7 Å². The third-order valence-corrected chi connectivity index (χ3v) is 2.29. The molecule has 0 bridgehead atoms. The molecule has 0 saturated heterocycles. The molecule has 0 fully saturated rings. The molecule has 0 aliphatic carbocycles. The fourth-order valence-corrected chi connectivity index (χ4v) is 1.29. The van der Waals surface area contributed by atoms with E-state index in [0.717, 1.165) is 5.56 Å². The second kappa shape index (κ2) is 4.53. The maximum Gasteiger partial charge on any atom is 0.194 e. The van der Waals surface area contributed by atoms with Crippen LogP contribution in [0.5, 0.6) is 0 Å². The third kappa shape index (κ3) is 2.63. The number of hydrogen-bond acceptors (Lipinski definition) is 2. The number of aliphatic hydroxyl groups is 1. The van der Waals surface area contributed by atoms with Gasteiger partial charge in [0.15, 0.2) is 5.78 Å². The van der Waals surface area contributed by atoms with Crippen molar-refractivity contribution in [3.05, 3.63) is 35.1 Å². The summed E-state index contributed by atoms with van der Waals surface area (Å²) in [6.07, 6.45) is -1.14. The van der Waals surface area contributed by atoms with E-state index < -0.39 is 17.7 Å². The summed E-state index contributed by atoms with van der Waals surface area (Å²) in [5, 5.41) is 9.55. The minimum Gasteiger partial charge on any atom is -0.385 e. The molecule has 0 aliphatic rings. The number of carbonyl (C=O) groups excluding carboxylic acids is 1. The van der Waals surface area contributed by atoms with Crippen LogP contribution < -0.4 is 0 Å². The molecule has 1 N–H and O–H groups in total. The summed E-state index contributed by atoms with van der Waals surface area (Å²) in [6.45, 7) is 5.21. The Hall–Kier alpha value is -1.22. The van der Waals surface area contributed by atoms with Gasteiger partial charge in [0, 0.05) is 0 Å². The number of rotatable bonds is 3. The maximum atomic E-state index is 13.3. The molecule has 0 aliphatic heterocycles. The topological polar surface area (TPSA) is 37.3 Å². The highest BCUT2D eigenvalue weighted by Gasteiger charge is 2.23. The molecule has 1 aromatic carbocycles. The number of aliphatic hydroxyl groups excluding tert-OH is 1. The van der Waals surface area contributed by atoms with Crippen LogP contribution in [0.4, 0.5) is 4.39 Å². The molecule has 15 heavy (non-hydrogen) atoms. The van der Waals surface area contributed by atoms with Gasteiger partial charge in [0.2, 0.25) is 0 Å². The van der Waals surface area contributed by atoms with Crippen molar-refractivity contribution in [2.45, 2.75) is 26.9 Å². The first-order valence-electron chi connectivity index (χ1n) is 4.92. The summed E-state index contributed by atoms with van der Waals surface area (Å²) in [6, 6.07) is 4.30. The number of benzene rings is 1. The summed E-state index contributed by atoms with van der Waals surface area (Å²) in [5.41, 5.74) is 0.770. The Morgan fingerprint density at radius 3 is 2.53 bits per heavy atom. The number of ketones is 1. The summed E-state index contributed by atoms with van der Waals surface area (Å²) in [5.74, 6) is -1.34. The van der Waals surface area contributed by atoms with Gasteiger partial charge in [0.1, 0.15) is 11.9 Å². The van der Waals surface area contributed by atoms with Crippen LogP contribution in [0.25, 0.3) is 0 Å². The molecule has 0 aromatic heterocycles. The van der Waals surface area contributed by atoms with Crippen LogP contribution in [0.3, 0.4) is 0 Å². The number of carbonyl (C=O) groups is 1. The number of aryl methyl sites for hydroxylation is 1. The fraction of sp³-hybridized carbons (Fsp3) is 0.417. The molecule has 1 atom stereocenters. The lowest BCUT2D eigenvalue weighted by Gasteiger charge is -2.13. The van der Waals surface area contributed by atoms with Gasteiger partial charge in [-0.05, 0) is 25.0 Å². The van der Waals surface area contributed by atoms with E-state index in [-0.39, 0.29) is 11.5 Å². The van der Waals surface area contributed by atoms with E-state index >= 15 is 0 Å². The first-order valence-corrected chi connectivity index (χ1v) is 4.92. The molecule has 1 rings (SSSR count). The molecule has 3 heteroatoms. The van der Waals surface area contributed by atoms with Crippen LogP contribution in [-0.4, -0.2) is 17.0 Å². The number of hydrogen-bond donors (Lipinski definition) is 1. The first kappa shape index (κ1) is 11.9. The largest absolute Gasteiger partial charge is 0.385 e. The van der Waals surface area contributed by atoms with E-state index in [2.05, 4.69) is 0 Å². The molecule has 1 unspecified atom stereocenters. The van der Waals surface area contributed by atoms with Crippen molar-refractivity contribution in [2.75, 3.05) is 0 Å². The van der Waals surface area contributed by atoms with E-state index in [1.54, 1.807) is 26.8 Å². The summed E-state index contributed by atoms with van der Waals surface area (Å²) in [7, 11) is 0. The zero-order valence-corrected chi connectivity index (χ0v) is 9.12. The fourth-order valence-electron chi connectivity index (χ4n) is 1.29. The first-order chi connectivity index (χ1) is 6.93. The van der Waals surface area contributed by atoms with Crippen molar-refractivity contribution in [1.82, 2.24) is 0 Å². The molecule has 2 nitrogen and oxygen atoms in total. The van der Waals surface area contributed by atoms with Crippen molar-refractivity contribution in [2.24, 2.45) is 5.92 Å². The zero-order chi connectivity index (χ0) is 11.6. The predicted molar refractivity (Wildman–Crippen MR) is 56.3 cm³/mol. The van der Waals surface area contributed by atoms with Gasteiger partial charge in [-0.1, -0.05) is 25.5 Å². The number of Topliss-reactive ketones (excluding diaryl/α,β-unsaturated/α-hetero) is 1. The van der Waals surface area contributed by atoms with Gasteiger partial charge in [0.05, 0.1) is 5.56 Å². The maximum absolute atomic E-state index is 13.3. The van der Waals surface area contributed by atoms with Crippen molar-refractivity contribution in [3.63, 3.8) is 0 Å². The Kier molecular flexibility index (Phi) is 3.58. The highest BCUT2D eigenvalue weighted by Crippen LogP contribution is 2.15. The minimum absolute atomic E-state index is 0.0313. The molecule has 0 heterocycles. The molecule has 1 aromatic rings. The molecule has 0 saturated carbocycles. The normalized spacial score (nSPS) is 12.9. The van der Waals surface area contributed by atoms with Crippen LogP contribution in [0.15, 0.2) is 18.2 Å². The van der Waals surface area contributed by atoms with E-state index in [0.29, 0.717) is 0 Å². The lowest BCUT2D eigenvalue weighted by atomic mass is 9.96. The second-order valence-electron chi connectivity index (χ2n) is 4.04. The van der Waals surface area contributed by atoms with Gasteiger partial charge < -0.3 is 5.11 Å². The lowest BCUT2D eigenvalue weighted by molar-refractivity contribution is 0.0643. The van der Waals surface area contributed by atoms with Crippen molar-refractivity contribution in [1.29, 1.82) is 0 Å². The van der Waals surface area contributed by atoms with Gasteiger partial charge in [-0.3, -0.25) is 4.79 Å². The van der Waals surface area contributed by atoms with Gasteiger partial charge in [-0.2, -0.15) is 0 Å². The van der Waals surface area contributed by atoms with E-state index in [1.165, 1.54) is 12.1 Å². The average Bonchev–Trinajstić information content (AvgIpc) is 2.19. The Bertz CT molecular complexity index is 372. The highest BCUT2D eigenvalue weighted by atomic mass is 19.1. The zero-order valence-electron chi connectivity index (χ0n) is 9.12. The smallest absolute Gasteiger partial charge is 0.194 e. The summed E-state index contributed by atoms with van der Waals surface area (Å²) >= 11 is 0. The quantitative estimate of drug-likeness (QED) is 0.777. The Morgan fingerprint density at radius 2 is 2.00 bits per heavy atom. The third-order valence-electron chi connectivity index (χ3n) is 2.29. The van der Waals surface area contributed by atoms with Gasteiger partial charge in [-0.25, -0.2) is 4.39 Å². The van der Waals surface area contributed by atoms with Crippen molar-refractivity contribution < 1.29 is 14.3 Å². The summed E-state index contributed by atoms with van der Waals surface area (Å²) in [4.78, 5) is 11.7. The molecule has 0 spiro atoms. The van der Waals surface area contributed by atoms with Gasteiger partial charge in [-0.15, -0.1) is 0 Å². The van der Waals surface area contributed by atoms with E-state index in [9.17, 15) is 14.3 Å². The molecule has 0 amide bonds. The van der Waals surface area contributed by atoms with Crippen LogP contribution in [0.1, 0.15) is 29.8 Å². The Balaban J connectivity index is 3.05. The van der Waals surface area contributed by atoms with Gasteiger partial charge >= 0.3 is 0 Å². The van der Waals surface area contributed by atoms with Crippen LogP contribution in [-0.2, 0) is 0 Å². The molecule has 82 valence electrons. The standard InChI is InChI=1S/C12H15FO2/c1-7(2)11(14)12(15)9-6-8(3)4-5-10(9)13/h4-7,11,14H,1-3H3. The van der Waals surface area contributed by atoms with Crippen molar-refractivity contribution >= 4 is 5.78 Å². The monoisotopic (exact) mass is 210 g/mol. The Morgan fingerprint density at radius 1 is 1.40 bits per heavy atom. The molecular weight excluding hydrogens is 195 g/mol. The second-order valence-corrected chi connectivity index (χ2v) is 4.04. The van der Waals surface area contributed by atoms with E-state index in [4.69, 9.17) is 0 Å². The predicted octanol–water partition coefficient (Wildman–Crippen LogP) is 2.33. The average molecular weight is 210 g/mol. The van der Waals surface area contributed by atoms with Crippen LogP contribution in [0.2, 0.25) is 0 Å². The minimum atomic E-state index is -1.14.